The largest absolute Gasteiger partial charge is 0.506 e. The Morgan fingerprint density at radius 3 is 1.26 bits per heavy atom. The van der Waals surface area contributed by atoms with Crippen molar-refractivity contribution in [3.8, 4) is 11.5 Å². The van der Waals surface area contributed by atoms with Gasteiger partial charge in [0.15, 0.2) is 5.78 Å². The smallest absolute Gasteiger partial charge is 0.266 e. The fourth-order valence-electron chi connectivity index (χ4n) is 4.67. The predicted octanol–water partition coefficient (Wildman–Crippen LogP) is 3.93. The number of imide groups is 2. The lowest BCUT2D eigenvalue weighted by Crippen LogP contribution is -2.29. The molecule has 0 saturated carbocycles. The van der Waals surface area contributed by atoms with Gasteiger partial charge >= 0.3 is 0 Å². The van der Waals surface area contributed by atoms with Crippen molar-refractivity contribution >= 4 is 40.8 Å². The lowest BCUT2D eigenvalue weighted by molar-refractivity contribution is 0.0909. The lowest BCUT2D eigenvalue weighted by Gasteiger charge is -2.14. The number of benzene rings is 4. The lowest BCUT2D eigenvalue weighted by atomic mass is 9.96. The van der Waals surface area contributed by atoms with E-state index in [0.29, 0.717) is 0 Å². The summed E-state index contributed by atoms with van der Waals surface area (Å²) in [5.74, 6) is -3.64. The quantitative estimate of drug-likeness (QED) is 0.318. The first-order valence-corrected chi connectivity index (χ1v) is 11.4. The molecule has 0 atom stereocenters. The number of amides is 4. The average Bonchev–Trinajstić information content (AvgIpc) is 3.32. The summed E-state index contributed by atoms with van der Waals surface area (Å²) >= 11 is 0. The summed E-state index contributed by atoms with van der Waals surface area (Å²) in [4.78, 5) is 67.0. The Balaban J connectivity index is 1.34. The van der Waals surface area contributed by atoms with Crippen LogP contribution in [0.3, 0.4) is 0 Å². The predicted molar refractivity (Wildman–Crippen MR) is 135 cm³/mol. The summed E-state index contributed by atoms with van der Waals surface area (Å²) in [5, 5.41) is 20.3. The topological polar surface area (TPSA) is 132 Å². The highest BCUT2D eigenvalue weighted by molar-refractivity contribution is 6.36. The van der Waals surface area contributed by atoms with E-state index in [4.69, 9.17) is 0 Å². The molecule has 2 aliphatic rings. The van der Waals surface area contributed by atoms with Crippen molar-refractivity contribution in [2.75, 3.05) is 9.80 Å². The van der Waals surface area contributed by atoms with E-state index in [0.717, 1.165) is 9.80 Å². The Hall–Kier alpha value is -5.57. The number of aromatic hydroxyl groups is 2. The molecule has 2 heterocycles. The molecular formula is C29H16N2O7. The molecule has 0 unspecified atom stereocenters. The number of rotatable bonds is 4. The number of carbonyl (C=O) groups is 5. The van der Waals surface area contributed by atoms with Gasteiger partial charge in [-0.3, -0.25) is 24.0 Å². The van der Waals surface area contributed by atoms with Crippen LogP contribution in [0.5, 0.6) is 11.5 Å². The van der Waals surface area contributed by atoms with Crippen molar-refractivity contribution in [1.82, 2.24) is 0 Å². The van der Waals surface area contributed by atoms with Crippen LogP contribution in [-0.2, 0) is 0 Å². The number of hydrogen-bond acceptors (Lipinski definition) is 7. The number of fused-ring (bicyclic) bond motifs is 2. The van der Waals surface area contributed by atoms with E-state index in [-0.39, 0.29) is 56.3 Å². The van der Waals surface area contributed by atoms with E-state index < -0.39 is 29.4 Å². The summed E-state index contributed by atoms with van der Waals surface area (Å²) in [7, 11) is 0. The number of anilines is 2. The minimum atomic E-state index is -0.686. The van der Waals surface area contributed by atoms with E-state index in [2.05, 4.69) is 0 Å². The van der Waals surface area contributed by atoms with Crippen molar-refractivity contribution in [2.45, 2.75) is 0 Å². The van der Waals surface area contributed by atoms with Crippen molar-refractivity contribution in [2.24, 2.45) is 0 Å². The molecule has 0 bridgehead atoms. The van der Waals surface area contributed by atoms with Crippen molar-refractivity contribution in [1.29, 1.82) is 0 Å². The van der Waals surface area contributed by atoms with Gasteiger partial charge in [-0.05, 0) is 48.5 Å². The zero-order valence-corrected chi connectivity index (χ0v) is 19.4. The monoisotopic (exact) mass is 504 g/mol. The van der Waals surface area contributed by atoms with Gasteiger partial charge in [0.25, 0.3) is 23.6 Å². The van der Waals surface area contributed by atoms with E-state index >= 15 is 0 Å². The average molecular weight is 504 g/mol. The number of carbonyl (C=O) groups excluding carboxylic acids is 5. The van der Waals surface area contributed by atoms with Crippen LogP contribution in [0.4, 0.5) is 11.4 Å². The fraction of sp³-hybridized carbons (Fsp3) is 0. The zero-order chi connectivity index (χ0) is 26.7. The van der Waals surface area contributed by atoms with E-state index in [1.54, 1.807) is 24.3 Å². The molecule has 4 amide bonds. The van der Waals surface area contributed by atoms with Crippen LogP contribution in [0, 0.1) is 0 Å². The molecule has 0 radical (unpaired) electrons. The third kappa shape index (κ3) is 3.22. The molecule has 184 valence electrons. The van der Waals surface area contributed by atoms with Crippen molar-refractivity contribution < 1.29 is 34.2 Å². The zero-order valence-electron chi connectivity index (χ0n) is 19.4. The van der Waals surface area contributed by atoms with E-state index in [1.807, 2.05) is 0 Å². The van der Waals surface area contributed by atoms with Gasteiger partial charge < -0.3 is 10.2 Å². The molecule has 4 aromatic rings. The van der Waals surface area contributed by atoms with Crippen LogP contribution in [0.15, 0.2) is 84.9 Å². The maximum absolute atomic E-state index is 13.3. The second kappa shape index (κ2) is 8.24. The number of ketones is 1. The van der Waals surface area contributed by atoms with Crippen LogP contribution in [0.2, 0.25) is 0 Å². The molecular weight excluding hydrogens is 488 g/mol. The molecule has 9 nitrogen and oxygen atoms in total. The first-order chi connectivity index (χ1) is 18.3. The molecule has 0 aromatic heterocycles. The van der Waals surface area contributed by atoms with Gasteiger partial charge in [0.2, 0.25) is 0 Å². The molecule has 9 heteroatoms. The Bertz CT molecular complexity index is 1630. The van der Waals surface area contributed by atoms with Gasteiger partial charge in [0.1, 0.15) is 11.5 Å². The number of phenolic OH excluding ortho intramolecular Hbond substituents is 2. The highest BCUT2D eigenvalue weighted by Gasteiger charge is 2.40. The Kier molecular flexibility index (Phi) is 4.96. The number of nitrogens with zero attached hydrogens (tertiary/aromatic N) is 2. The SMILES string of the molecule is O=C(c1ccc2c(c1)C(=O)N(c1ccccc1O)C2=O)c1ccc2c(c1)C(=O)N(c1ccccc1O)C2=O. The minimum absolute atomic E-state index is 0.00208. The highest BCUT2D eigenvalue weighted by Crippen LogP contribution is 2.36. The molecule has 38 heavy (non-hydrogen) atoms. The van der Waals surface area contributed by atoms with Gasteiger partial charge in [-0.2, -0.15) is 0 Å². The second-order valence-electron chi connectivity index (χ2n) is 8.72. The Morgan fingerprint density at radius 1 is 0.500 bits per heavy atom. The van der Waals surface area contributed by atoms with Crippen LogP contribution in [0.1, 0.15) is 57.4 Å². The van der Waals surface area contributed by atoms with Gasteiger partial charge in [-0.15, -0.1) is 0 Å². The molecule has 0 saturated heterocycles. The summed E-state index contributed by atoms with van der Waals surface area (Å²) < 4.78 is 0. The van der Waals surface area contributed by atoms with Crippen molar-refractivity contribution in [3.63, 3.8) is 0 Å². The van der Waals surface area contributed by atoms with Gasteiger partial charge in [-0.25, -0.2) is 9.80 Å². The maximum atomic E-state index is 13.3. The third-order valence-electron chi connectivity index (χ3n) is 6.54. The summed E-state index contributed by atoms with van der Waals surface area (Å²) in [6, 6.07) is 20.0. The molecule has 4 aromatic carbocycles. The fourth-order valence-corrected chi connectivity index (χ4v) is 4.67. The standard InChI is InChI=1S/C29H16N2O7/c32-23-7-3-1-5-21(23)30-26(35)17-11-9-15(13-19(17)28(30)37)25(34)16-10-12-18-20(14-16)29(38)31(27(18)36)22-6-2-4-8-24(22)33/h1-14,32-33H. The van der Waals surface area contributed by atoms with Crippen LogP contribution in [0.25, 0.3) is 0 Å². The van der Waals surface area contributed by atoms with Crippen LogP contribution >= 0.6 is 0 Å². The van der Waals surface area contributed by atoms with Crippen LogP contribution < -0.4 is 9.80 Å². The van der Waals surface area contributed by atoms with E-state index in [9.17, 15) is 34.2 Å². The number of hydrogen-bond donors (Lipinski definition) is 2. The molecule has 6 rings (SSSR count). The maximum Gasteiger partial charge on any atom is 0.266 e. The molecule has 0 fully saturated rings. The summed E-state index contributed by atoms with van der Waals surface area (Å²) in [6.45, 7) is 0. The van der Waals surface area contributed by atoms with Gasteiger partial charge in [-0.1, -0.05) is 36.4 Å². The highest BCUT2D eigenvalue weighted by atomic mass is 16.3. The van der Waals surface area contributed by atoms with E-state index in [1.165, 1.54) is 60.7 Å². The molecule has 2 aliphatic heterocycles. The van der Waals surface area contributed by atoms with Gasteiger partial charge in [0, 0.05) is 11.1 Å². The number of phenols is 2. The molecule has 0 spiro atoms. The van der Waals surface area contributed by atoms with Gasteiger partial charge in [0.05, 0.1) is 33.6 Å². The normalized spacial score (nSPS) is 14.2. The summed E-state index contributed by atoms with van der Waals surface area (Å²) in [6.07, 6.45) is 0. The summed E-state index contributed by atoms with van der Waals surface area (Å²) in [5.41, 5.74) is 0.427. The van der Waals surface area contributed by atoms with Crippen molar-refractivity contribution in [3.05, 3.63) is 118 Å². The first kappa shape index (κ1) is 22.9. The van der Waals surface area contributed by atoms with Crippen LogP contribution in [-0.4, -0.2) is 39.6 Å². The number of para-hydroxylation sites is 4. The minimum Gasteiger partial charge on any atom is -0.506 e. The third-order valence-corrected chi connectivity index (χ3v) is 6.54. The molecule has 0 aliphatic carbocycles. The Labute approximate surface area is 214 Å². The Morgan fingerprint density at radius 2 is 0.868 bits per heavy atom. The first-order valence-electron chi connectivity index (χ1n) is 11.4. The second-order valence-corrected chi connectivity index (χ2v) is 8.72. The molecule has 2 N–H and O–H groups in total.